The lowest BCUT2D eigenvalue weighted by Gasteiger charge is -2.07. The molecule has 0 aliphatic heterocycles. The van der Waals surface area contributed by atoms with Crippen LogP contribution >= 0.6 is 0 Å². The van der Waals surface area contributed by atoms with Crippen molar-refractivity contribution in [2.24, 2.45) is 0 Å². The van der Waals surface area contributed by atoms with E-state index in [0.717, 1.165) is 12.2 Å². The Morgan fingerprint density at radius 2 is 1.89 bits per heavy atom. The second-order valence-corrected chi connectivity index (χ2v) is 4.37. The Balaban J connectivity index is 3.30. The lowest BCUT2D eigenvalue weighted by Crippen LogP contribution is -2.23. The van der Waals surface area contributed by atoms with Gasteiger partial charge in [0.05, 0.1) is 13.7 Å². The number of nitrogens with zero attached hydrogens (tertiary/aromatic N) is 1. The van der Waals surface area contributed by atoms with E-state index in [-0.39, 0.29) is 12.3 Å². The maximum atomic E-state index is 12.2. The number of rotatable bonds is 6. The van der Waals surface area contributed by atoms with E-state index in [9.17, 15) is 9.59 Å². The van der Waals surface area contributed by atoms with Crippen LogP contribution in [0.2, 0.25) is 0 Å². The number of carbonyl (C=O) groups excluding carboxylic acids is 2. The van der Waals surface area contributed by atoms with E-state index >= 15 is 0 Å². The van der Waals surface area contributed by atoms with Gasteiger partial charge in [-0.2, -0.15) is 0 Å². The third-order valence-corrected chi connectivity index (χ3v) is 3.28. The minimum Gasteiger partial charge on any atom is -0.464 e. The maximum absolute atomic E-state index is 12.2. The molecule has 19 heavy (non-hydrogen) atoms. The first-order chi connectivity index (χ1) is 8.99. The second kappa shape index (κ2) is 6.52. The van der Waals surface area contributed by atoms with Gasteiger partial charge in [-0.15, -0.1) is 0 Å². The van der Waals surface area contributed by atoms with Gasteiger partial charge in [-0.25, -0.2) is 4.79 Å². The number of ketones is 1. The van der Waals surface area contributed by atoms with Gasteiger partial charge < -0.3 is 14.6 Å². The Hall–Kier alpha value is -1.62. The minimum absolute atomic E-state index is 0.00852. The zero-order valence-electron chi connectivity index (χ0n) is 12.3. The summed E-state index contributed by atoms with van der Waals surface area (Å²) in [5.41, 5.74) is 2.63. The van der Waals surface area contributed by atoms with Crippen LogP contribution in [0.25, 0.3) is 0 Å². The zero-order chi connectivity index (χ0) is 14.6. The molecule has 0 aromatic carbocycles. The number of methoxy groups -OCH3 is 1. The van der Waals surface area contributed by atoms with Crippen LogP contribution in [0.5, 0.6) is 0 Å². The molecule has 1 N–H and O–H groups in total. The summed E-state index contributed by atoms with van der Waals surface area (Å²) in [4.78, 5) is 24.1. The SMILES string of the molecule is CCNCC(=O)c1c(C)c(C(=O)OC)n(CC)c1C. The van der Waals surface area contributed by atoms with Crippen LogP contribution in [0.1, 0.15) is 46.0 Å². The summed E-state index contributed by atoms with van der Waals surface area (Å²) in [6.45, 7) is 9.20. The molecule has 0 unspecified atom stereocenters. The zero-order valence-corrected chi connectivity index (χ0v) is 12.3. The molecule has 5 heteroatoms. The van der Waals surface area contributed by atoms with Gasteiger partial charge in [0.15, 0.2) is 5.78 Å². The molecule has 0 aliphatic carbocycles. The number of likely N-dealkylation sites (N-methyl/N-ethyl adjacent to an activating group) is 1. The Bertz CT molecular complexity index is 489. The number of carbonyl (C=O) groups is 2. The molecule has 0 spiro atoms. The molecule has 0 saturated carbocycles. The van der Waals surface area contributed by atoms with Gasteiger partial charge in [0.1, 0.15) is 5.69 Å². The van der Waals surface area contributed by atoms with Gasteiger partial charge in [0.2, 0.25) is 0 Å². The highest BCUT2D eigenvalue weighted by atomic mass is 16.5. The molecule has 1 aromatic heterocycles. The molecule has 1 heterocycles. The Morgan fingerprint density at radius 1 is 1.26 bits per heavy atom. The molecule has 0 aliphatic rings. The summed E-state index contributed by atoms with van der Waals surface area (Å²) in [6, 6.07) is 0. The maximum Gasteiger partial charge on any atom is 0.354 e. The monoisotopic (exact) mass is 266 g/mol. The first-order valence-electron chi connectivity index (χ1n) is 6.51. The fourth-order valence-electron chi connectivity index (χ4n) is 2.39. The second-order valence-electron chi connectivity index (χ2n) is 4.37. The summed E-state index contributed by atoms with van der Waals surface area (Å²) < 4.78 is 6.64. The Morgan fingerprint density at radius 3 is 2.37 bits per heavy atom. The van der Waals surface area contributed by atoms with E-state index in [1.165, 1.54) is 7.11 Å². The van der Waals surface area contributed by atoms with Crippen molar-refractivity contribution in [3.8, 4) is 0 Å². The molecule has 0 atom stereocenters. The normalized spacial score (nSPS) is 10.6. The van der Waals surface area contributed by atoms with Crippen molar-refractivity contribution in [3.63, 3.8) is 0 Å². The first kappa shape index (κ1) is 15.4. The number of esters is 1. The van der Waals surface area contributed by atoms with Crippen LogP contribution in [-0.2, 0) is 11.3 Å². The van der Waals surface area contributed by atoms with Crippen molar-refractivity contribution in [2.45, 2.75) is 34.2 Å². The molecule has 0 radical (unpaired) electrons. The number of hydrogen-bond acceptors (Lipinski definition) is 4. The average molecular weight is 266 g/mol. The number of ether oxygens (including phenoxy) is 1. The molecule has 106 valence electrons. The Labute approximate surface area is 113 Å². The van der Waals surface area contributed by atoms with Gasteiger partial charge in [-0.1, -0.05) is 6.92 Å². The summed E-state index contributed by atoms with van der Waals surface area (Å²) in [5.74, 6) is -0.390. The molecule has 0 fully saturated rings. The van der Waals surface area contributed by atoms with Crippen molar-refractivity contribution < 1.29 is 14.3 Å². The summed E-state index contributed by atoms with van der Waals surface area (Å²) in [7, 11) is 1.35. The van der Waals surface area contributed by atoms with E-state index in [1.807, 2.05) is 25.3 Å². The van der Waals surface area contributed by atoms with Crippen molar-refractivity contribution in [2.75, 3.05) is 20.2 Å². The molecule has 0 bridgehead atoms. The van der Waals surface area contributed by atoms with Crippen molar-refractivity contribution in [1.82, 2.24) is 9.88 Å². The van der Waals surface area contributed by atoms with Crippen molar-refractivity contribution in [1.29, 1.82) is 0 Å². The van der Waals surface area contributed by atoms with Gasteiger partial charge in [-0.05, 0) is 32.9 Å². The highest BCUT2D eigenvalue weighted by Gasteiger charge is 2.25. The van der Waals surface area contributed by atoms with Crippen LogP contribution in [0.3, 0.4) is 0 Å². The van der Waals surface area contributed by atoms with Crippen LogP contribution in [-0.4, -0.2) is 36.5 Å². The molecule has 0 saturated heterocycles. The van der Waals surface area contributed by atoms with E-state index in [2.05, 4.69) is 5.32 Å². The molecule has 0 amide bonds. The predicted molar refractivity (Wildman–Crippen MR) is 73.8 cm³/mol. The largest absolute Gasteiger partial charge is 0.464 e. The standard InChI is InChI=1S/C14H22N2O3/c1-6-15-8-11(17)12-9(3)13(14(18)19-5)16(7-2)10(12)4/h15H,6-8H2,1-5H3. The minimum atomic E-state index is -0.398. The van der Waals surface area contributed by atoms with Gasteiger partial charge >= 0.3 is 5.97 Å². The van der Waals surface area contributed by atoms with Gasteiger partial charge in [0.25, 0.3) is 0 Å². The lowest BCUT2D eigenvalue weighted by atomic mass is 10.1. The fraction of sp³-hybridized carbons (Fsp3) is 0.571. The molecule has 1 aromatic rings. The number of aromatic nitrogens is 1. The van der Waals surface area contributed by atoms with Crippen molar-refractivity contribution >= 4 is 11.8 Å². The number of Topliss-reactive ketones (excluding diaryl/α,β-unsaturated/α-hetero) is 1. The van der Waals surface area contributed by atoms with Gasteiger partial charge in [0, 0.05) is 17.8 Å². The van der Waals surface area contributed by atoms with Crippen LogP contribution in [0.4, 0.5) is 0 Å². The fourth-order valence-corrected chi connectivity index (χ4v) is 2.39. The molecule has 1 rings (SSSR count). The topological polar surface area (TPSA) is 60.3 Å². The summed E-state index contributed by atoms with van der Waals surface area (Å²) in [6.07, 6.45) is 0. The predicted octanol–water partition coefficient (Wildman–Crippen LogP) is 1.70. The van der Waals surface area contributed by atoms with Gasteiger partial charge in [-0.3, -0.25) is 4.79 Å². The number of hydrogen-bond donors (Lipinski definition) is 1. The van der Waals surface area contributed by atoms with E-state index in [4.69, 9.17) is 4.74 Å². The molecular weight excluding hydrogens is 244 g/mol. The van der Waals surface area contributed by atoms with Crippen LogP contribution in [0.15, 0.2) is 0 Å². The number of nitrogens with one attached hydrogen (secondary N) is 1. The van der Waals surface area contributed by atoms with E-state index < -0.39 is 5.97 Å². The smallest absolute Gasteiger partial charge is 0.354 e. The van der Waals surface area contributed by atoms with Crippen LogP contribution < -0.4 is 5.32 Å². The third-order valence-electron chi connectivity index (χ3n) is 3.28. The first-order valence-corrected chi connectivity index (χ1v) is 6.51. The summed E-state index contributed by atoms with van der Waals surface area (Å²) >= 11 is 0. The highest BCUT2D eigenvalue weighted by molar-refractivity contribution is 6.03. The van der Waals surface area contributed by atoms with E-state index in [1.54, 1.807) is 6.92 Å². The van der Waals surface area contributed by atoms with E-state index in [0.29, 0.717) is 23.4 Å². The lowest BCUT2D eigenvalue weighted by molar-refractivity contribution is 0.0587. The quantitative estimate of drug-likeness (QED) is 0.629. The highest BCUT2D eigenvalue weighted by Crippen LogP contribution is 2.23. The third kappa shape index (κ3) is 2.87. The Kier molecular flexibility index (Phi) is 5.30. The molecular formula is C14H22N2O3. The summed E-state index contributed by atoms with van der Waals surface area (Å²) in [5, 5.41) is 3.02. The average Bonchev–Trinajstić information content (AvgIpc) is 2.65. The molecule has 5 nitrogen and oxygen atoms in total. The van der Waals surface area contributed by atoms with Crippen molar-refractivity contribution in [3.05, 3.63) is 22.5 Å². The van der Waals surface area contributed by atoms with Crippen LogP contribution in [0, 0.1) is 13.8 Å².